The van der Waals surface area contributed by atoms with Crippen molar-refractivity contribution >= 4 is 5.91 Å². The van der Waals surface area contributed by atoms with Crippen molar-refractivity contribution in [1.29, 1.82) is 0 Å². The van der Waals surface area contributed by atoms with E-state index in [9.17, 15) is 4.79 Å². The molecule has 25 heavy (non-hydrogen) atoms. The fourth-order valence-corrected chi connectivity index (χ4v) is 3.17. The van der Waals surface area contributed by atoms with Gasteiger partial charge in [-0.05, 0) is 75.3 Å². The van der Waals surface area contributed by atoms with Crippen molar-refractivity contribution in [2.75, 3.05) is 0 Å². The fourth-order valence-electron chi connectivity index (χ4n) is 3.17. The van der Waals surface area contributed by atoms with Crippen molar-refractivity contribution in [2.45, 2.75) is 58.6 Å². The minimum Gasteiger partial charge on any atom is -0.474 e. The molecule has 2 aromatic rings. The van der Waals surface area contributed by atoms with Crippen LogP contribution in [0.5, 0.6) is 5.88 Å². The molecule has 132 valence electrons. The molecule has 4 nitrogen and oxygen atoms in total. The molecule has 0 spiro atoms. The minimum absolute atomic E-state index is 0.0210. The van der Waals surface area contributed by atoms with Gasteiger partial charge in [0.1, 0.15) is 6.10 Å². The summed E-state index contributed by atoms with van der Waals surface area (Å²) in [7, 11) is 0. The number of rotatable bonds is 4. The molecule has 0 unspecified atom stereocenters. The second kappa shape index (κ2) is 7.68. The zero-order valence-corrected chi connectivity index (χ0v) is 15.2. The number of hydrogen-bond acceptors (Lipinski definition) is 3. The molecule has 0 saturated heterocycles. The predicted octanol–water partition coefficient (Wildman–Crippen LogP) is 4.13. The van der Waals surface area contributed by atoms with E-state index in [0.29, 0.717) is 5.88 Å². The molecule has 1 saturated carbocycles. The molecule has 3 rings (SSSR count). The largest absolute Gasteiger partial charge is 0.474 e. The zero-order chi connectivity index (χ0) is 17.8. The maximum Gasteiger partial charge on any atom is 0.251 e. The number of pyridine rings is 1. The second-order valence-corrected chi connectivity index (χ2v) is 7.04. The van der Waals surface area contributed by atoms with E-state index in [-0.39, 0.29) is 18.1 Å². The molecule has 1 aromatic carbocycles. The lowest BCUT2D eigenvalue weighted by molar-refractivity contribution is 0.0890. The monoisotopic (exact) mass is 338 g/mol. The van der Waals surface area contributed by atoms with Crippen molar-refractivity contribution in [1.82, 2.24) is 10.3 Å². The molecule has 0 radical (unpaired) electrons. The van der Waals surface area contributed by atoms with Crippen LogP contribution < -0.4 is 10.1 Å². The first-order valence-corrected chi connectivity index (χ1v) is 8.98. The Morgan fingerprint density at radius 3 is 2.44 bits per heavy atom. The highest BCUT2D eigenvalue weighted by Gasteiger charge is 2.24. The number of amides is 1. The number of hydrogen-bond donors (Lipinski definition) is 1. The number of ether oxygens (including phenoxy) is 1. The summed E-state index contributed by atoms with van der Waals surface area (Å²) in [6.45, 7) is 6.11. The summed E-state index contributed by atoms with van der Waals surface area (Å²) in [5, 5.41) is 3.16. The van der Waals surface area contributed by atoms with E-state index in [2.05, 4.69) is 17.2 Å². The van der Waals surface area contributed by atoms with Crippen LogP contribution in [0.2, 0.25) is 0 Å². The first kappa shape index (κ1) is 17.5. The van der Waals surface area contributed by atoms with Crippen molar-refractivity contribution in [3.63, 3.8) is 0 Å². The van der Waals surface area contributed by atoms with Gasteiger partial charge in [-0.2, -0.15) is 0 Å². The fraction of sp³-hybridized carbons (Fsp3) is 0.429. The SMILES string of the molecule is Cc1ccc(OC2CCC(NC(=O)c3ccc(C)c(C)c3)CC2)nc1. The summed E-state index contributed by atoms with van der Waals surface area (Å²) in [5.74, 6) is 0.709. The van der Waals surface area contributed by atoms with Gasteiger partial charge in [-0.3, -0.25) is 4.79 Å². The molecule has 1 aliphatic carbocycles. The Morgan fingerprint density at radius 2 is 1.80 bits per heavy atom. The first-order chi connectivity index (χ1) is 12.0. The Kier molecular flexibility index (Phi) is 5.37. The highest BCUT2D eigenvalue weighted by atomic mass is 16.5. The smallest absolute Gasteiger partial charge is 0.251 e. The third-order valence-electron chi connectivity index (χ3n) is 4.95. The molecule has 0 atom stereocenters. The molecule has 1 N–H and O–H groups in total. The number of aryl methyl sites for hydroxylation is 3. The predicted molar refractivity (Wildman–Crippen MR) is 99.0 cm³/mol. The molecule has 1 heterocycles. The Balaban J connectivity index is 1.49. The van der Waals surface area contributed by atoms with Gasteiger partial charge in [-0.1, -0.05) is 12.1 Å². The summed E-state index contributed by atoms with van der Waals surface area (Å²) in [6.07, 6.45) is 5.76. The molecule has 1 amide bonds. The standard InChI is InChI=1S/C21H26N2O2/c1-14-4-11-20(22-13-14)25-19-9-7-18(8-10-19)23-21(24)17-6-5-15(2)16(3)12-17/h4-6,11-13,18-19H,7-10H2,1-3H3,(H,23,24). The normalized spacial score (nSPS) is 20.1. The molecule has 0 bridgehead atoms. The third-order valence-corrected chi connectivity index (χ3v) is 4.95. The van der Waals surface area contributed by atoms with Gasteiger partial charge < -0.3 is 10.1 Å². The molecule has 1 aromatic heterocycles. The van der Waals surface area contributed by atoms with E-state index in [1.54, 1.807) is 0 Å². The lowest BCUT2D eigenvalue weighted by atomic mass is 9.92. The molecule has 1 aliphatic rings. The van der Waals surface area contributed by atoms with Gasteiger partial charge in [0.2, 0.25) is 5.88 Å². The van der Waals surface area contributed by atoms with Gasteiger partial charge in [0.15, 0.2) is 0 Å². The molecule has 1 fully saturated rings. The lowest BCUT2D eigenvalue weighted by Gasteiger charge is -2.29. The van der Waals surface area contributed by atoms with Gasteiger partial charge in [-0.25, -0.2) is 4.98 Å². The maximum atomic E-state index is 12.4. The van der Waals surface area contributed by atoms with Crippen molar-refractivity contribution < 1.29 is 9.53 Å². The van der Waals surface area contributed by atoms with Crippen LogP contribution in [0, 0.1) is 20.8 Å². The number of nitrogens with zero attached hydrogens (tertiary/aromatic N) is 1. The Labute approximate surface area is 149 Å². The summed E-state index contributed by atoms with van der Waals surface area (Å²) in [6, 6.07) is 10.0. The van der Waals surface area contributed by atoms with Crippen molar-refractivity contribution in [3.8, 4) is 5.88 Å². The molecular weight excluding hydrogens is 312 g/mol. The topological polar surface area (TPSA) is 51.2 Å². The number of carbonyl (C=O) groups is 1. The Hall–Kier alpha value is -2.36. The summed E-state index contributed by atoms with van der Waals surface area (Å²) in [5.41, 5.74) is 4.23. The second-order valence-electron chi connectivity index (χ2n) is 7.04. The van der Waals surface area contributed by atoms with E-state index in [1.807, 2.05) is 50.4 Å². The maximum absolute atomic E-state index is 12.4. The van der Waals surface area contributed by atoms with Gasteiger partial charge in [0, 0.05) is 23.9 Å². The number of carbonyl (C=O) groups excluding carboxylic acids is 1. The zero-order valence-electron chi connectivity index (χ0n) is 15.2. The van der Waals surface area contributed by atoms with Gasteiger partial charge >= 0.3 is 0 Å². The van der Waals surface area contributed by atoms with Crippen LogP contribution in [-0.2, 0) is 0 Å². The highest BCUT2D eigenvalue weighted by molar-refractivity contribution is 5.94. The number of benzene rings is 1. The van der Waals surface area contributed by atoms with Crippen LogP contribution in [0.15, 0.2) is 36.5 Å². The van der Waals surface area contributed by atoms with Crippen LogP contribution >= 0.6 is 0 Å². The summed E-state index contributed by atoms with van der Waals surface area (Å²) in [4.78, 5) is 16.7. The average Bonchev–Trinajstić information content (AvgIpc) is 2.61. The minimum atomic E-state index is 0.0210. The average molecular weight is 338 g/mol. The Bertz CT molecular complexity index is 732. The van der Waals surface area contributed by atoms with Gasteiger partial charge in [-0.15, -0.1) is 0 Å². The van der Waals surface area contributed by atoms with Crippen LogP contribution in [0.3, 0.4) is 0 Å². The van der Waals surface area contributed by atoms with E-state index in [0.717, 1.165) is 42.4 Å². The van der Waals surface area contributed by atoms with Crippen molar-refractivity contribution in [2.24, 2.45) is 0 Å². The van der Waals surface area contributed by atoms with E-state index >= 15 is 0 Å². The van der Waals surface area contributed by atoms with Crippen LogP contribution in [0.4, 0.5) is 0 Å². The summed E-state index contributed by atoms with van der Waals surface area (Å²) >= 11 is 0. The third kappa shape index (κ3) is 4.59. The van der Waals surface area contributed by atoms with Crippen molar-refractivity contribution in [3.05, 3.63) is 58.8 Å². The van der Waals surface area contributed by atoms with Gasteiger partial charge in [0.25, 0.3) is 5.91 Å². The van der Waals surface area contributed by atoms with Crippen LogP contribution in [0.25, 0.3) is 0 Å². The van der Waals surface area contributed by atoms with Gasteiger partial charge in [0.05, 0.1) is 0 Å². The van der Waals surface area contributed by atoms with Crippen LogP contribution in [-0.4, -0.2) is 23.0 Å². The first-order valence-electron chi connectivity index (χ1n) is 8.98. The molecular formula is C21H26N2O2. The molecule has 4 heteroatoms. The lowest BCUT2D eigenvalue weighted by Crippen LogP contribution is -2.39. The number of nitrogens with one attached hydrogen (secondary N) is 1. The van der Waals surface area contributed by atoms with E-state index in [1.165, 1.54) is 5.56 Å². The highest BCUT2D eigenvalue weighted by Crippen LogP contribution is 2.23. The van der Waals surface area contributed by atoms with E-state index < -0.39 is 0 Å². The summed E-state index contributed by atoms with van der Waals surface area (Å²) < 4.78 is 5.95. The molecule has 0 aliphatic heterocycles. The number of aromatic nitrogens is 1. The quantitative estimate of drug-likeness (QED) is 0.912. The van der Waals surface area contributed by atoms with Crippen LogP contribution in [0.1, 0.15) is 52.7 Å². The van der Waals surface area contributed by atoms with E-state index in [4.69, 9.17) is 4.74 Å². The Morgan fingerprint density at radius 1 is 1.04 bits per heavy atom.